The number of carboxylic acid groups (broad SMARTS) is 1. The number of fused-ring (bicyclic) bond motifs is 3. The number of hydrogen-bond acceptors (Lipinski definition) is 6. The lowest BCUT2D eigenvalue weighted by Crippen LogP contribution is -2.18. The van der Waals surface area contributed by atoms with E-state index in [0.29, 0.717) is 10.6 Å². The van der Waals surface area contributed by atoms with Crippen molar-refractivity contribution in [3.63, 3.8) is 0 Å². The molecule has 2 aromatic heterocycles. The molecule has 8 heteroatoms. The molecule has 0 fully saturated rings. The highest BCUT2D eigenvalue weighted by molar-refractivity contribution is 7.19. The van der Waals surface area contributed by atoms with Crippen molar-refractivity contribution in [1.29, 1.82) is 0 Å². The number of anilines is 1. The van der Waals surface area contributed by atoms with E-state index in [0.717, 1.165) is 33.6 Å². The van der Waals surface area contributed by atoms with E-state index >= 15 is 0 Å². The van der Waals surface area contributed by atoms with E-state index in [2.05, 4.69) is 27.4 Å². The third-order valence-electron chi connectivity index (χ3n) is 5.28. The van der Waals surface area contributed by atoms with Gasteiger partial charge in [-0.15, -0.1) is 0 Å². The molecule has 0 atom stereocenters. The van der Waals surface area contributed by atoms with Crippen LogP contribution in [0.1, 0.15) is 27.5 Å². The fourth-order valence-corrected chi connectivity index (χ4v) is 4.83. The maximum absolute atomic E-state index is 12.5. The summed E-state index contributed by atoms with van der Waals surface area (Å²) in [6.45, 7) is 0.157. The first kappa shape index (κ1) is 19.9. The Bertz CT molecular complexity index is 1270. The first-order valence-electron chi connectivity index (χ1n) is 9.89. The Morgan fingerprint density at radius 2 is 1.62 bits per heavy atom. The first-order valence-corrected chi connectivity index (χ1v) is 10.7. The molecule has 7 nitrogen and oxygen atoms in total. The third-order valence-corrected chi connectivity index (χ3v) is 6.27. The molecule has 0 aliphatic heterocycles. The van der Waals surface area contributed by atoms with Gasteiger partial charge in [0, 0.05) is 12.1 Å². The van der Waals surface area contributed by atoms with E-state index in [4.69, 9.17) is 4.74 Å². The number of carboxylic acids is 1. The summed E-state index contributed by atoms with van der Waals surface area (Å²) in [5.41, 5.74) is 4.82. The van der Waals surface area contributed by atoms with Gasteiger partial charge in [-0.05, 0) is 34.4 Å². The summed E-state index contributed by atoms with van der Waals surface area (Å²) >= 11 is 1.04. The number of amides is 1. The highest BCUT2D eigenvalue weighted by Gasteiger charge is 2.29. The highest BCUT2D eigenvalue weighted by Crippen LogP contribution is 2.44. The number of carbonyl (C=O) groups excluding carboxylic acids is 1. The molecule has 1 aliphatic rings. The van der Waals surface area contributed by atoms with Crippen molar-refractivity contribution in [1.82, 2.24) is 9.97 Å². The summed E-state index contributed by atoms with van der Waals surface area (Å²) in [5, 5.41) is 12.2. The maximum Gasteiger partial charge on any atom is 0.413 e. The molecule has 158 valence electrons. The van der Waals surface area contributed by atoms with Crippen LogP contribution in [0, 0.1) is 0 Å². The number of aromatic nitrogens is 2. The second kappa shape index (κ2) is 8.24. The number of hydrogen-bond donors (Lipinski definition) is 2. The lowest BCUT2D eigenvalue weighted by molar-refractivity contribution is 0.0692. The van der Waals surface area contributed by atoms with Gasteiger partial charge in [-0.2, -0.15) is 0 Å². The molecule has 0 unspecified atom stereocenters. The molecule has 2 aromatic carbocycles. The smallest absolute Gasteiger partial charge is 0.413 e. The van der Waals surface area contributed by atoms with Crippen LogP contribution in [0.25, 0.3) is 21.7 Å². The van der Waals surface area contributed by atoms with Crippen molar-refractivity contribution in [2.24, 2.45) is 0 Å². The molecule has 32 heavy (non-hydrogen) atoms. The molecule has 1 aliphatic carbocycles. The average Bonchev–Trinajstić information content (AvgIpc) is 3.38. The Labute approximate surface area is 187 Å². The second-order valence-corrected chi connectivity index (χ2v) is 8.17. The van der Waals surface area contributed by atoms with Gasteiger partial charge in [-0.1, -0.05) is 65.9 Å². The van der Waals surface area contributed by atoms with Gasteiger partial charge in [0.15, 0.2) is 10.8 Å². The minimum atomic E-state index is -1.19. The SMILES string of the molecule is O=C(Nc1nc(C(=O)O)c(-c2ccccn2)s1)OCC1c2ccccc2-c2ccccc21. The highest BCUT2D eigenvalue weighted by atomic mass is 32.1. The molecule has 1 amide bonds. The van der Waals surface area contributed by atoms with Gasteiger partial charge in [0.05, 0.1) is 10.6 Å². The number of nitrogens with zero attached hydrogens (tertiary/aromatic N) is 2. The van der Waals surface area contributed by atoms with Gasteiger partial charge in [-0.3, -0.25) is 10.3 Å². The number of nitrogens with one attached hydrogen (secondary N) is 1. The van der Waals surface area contributed by atoms with Crippen molar-refractivity contribution in [3.8, 4) is 21.7 Å². The standard InChI is InChI=1S/C24H17N3O4S/c28-22(29)20-21(19-11-5-6-12-25-19)32-23(26-20)27-24(30)31-13-18-16-9-3-1-7-14(16)15-8-2-4-10-17(15)18/h1-12,18H,13H2,(H,28,29)(H,26,27,30). The predicted octanol–water partition coefficient (Wildman–Crippen LogP) is 5.26. The van der Waals surface area contributed by atoms with Crippen LogP contribution in [0.4, 0.5) is 9.93 Å². The lowest BCUT2D eigenvalue weighted by atomic mass is 9.98. The molecule has 0 spiro atoms. The molecule has 5 rings (SSSR count). The number of pyridine rings is 1. The summed E-state index contributed by atoms with van der Waals surface area (Å²) in [4.78, 5) is 32.7. The molecule has 0 bridgehead atoms. The summed E-state index contributed by atoms with van der Waals surface area (Å²) in [6, 6.07) is 21.3. The van der Waals surface area contributed by atoms with Crippen LogP contribution in [-0.2, 0) is 4.74 Å². The van der Waals surface area contributed by atoms with Crippen molar-refractivity contribution < 1.29 is 19.4 Å². The number of benzene rings is 2. The molecule has 2 N–H and O–H groups in total. The van der Waals surface area contributed by atoms with E-state index < -0.39 is 12.1 Å². The molecule has 4 aromatic rings. The second-order valence-electron chi connectivity index (χ2n) is 7.17. The summed E-state index contributed by atoms with van der Waals surface area (Å²) in [5.74, 6) is -1.26. The van der Waals surface area contributed by atoms with Crippen molar-refractivity contribution in [3.05, 3.63) is 89.7 Å². The number of rotatable bonds is 5. The Kier molecular flexibility index (Phi) is 5.12. The van der Waals surface area contributed by atoms with Crippen LogP contribution < -0.4 is 5.32 Å². The van der Waals surface area contributed by atoms with E-state index in [-0.39, 0.29) is 23.4 Å². The summed E-state index contributed by atoms with van der Waals surface area (Å²) in [6.07, 6.45) is 0.879. The van der Waals surface area contributed by atoms with Gasteiger partial charge < -0.3 is 9.84 Å². The van der Waals surface area contributed by atoms with Gasteiger partial charge in [0.2, 0.25) is 0 Å². The summed E-state index contributed by atoms with van der Waals surface area (Å²) < 4.78 is 5.51. The molecular formula is C24H17N3O4S. The summed E-state index contributed by atoms with van der Waals surface area (Å²) in [7, 11) is 0. The molecule has 0 saturated carbocycles. The minimum absolute atomic E-state index is 0.0666. The first-order chi connectivity index (χ1) is 15.6. The van der Waals surface area contributed by atoms with Crippen molar-refractivity contribution in [2.45, 2.75) is 5.92 Å². The van der Waals surface area contributed by atoms with Crippen LogP contribution in [0.3, 0.4) is 0 Å². The third kappa shape index (κ3) is 3.61. The van der Waals surface area contributed by atoms with Crippen LogP contribution in [-0.4, -0.2) is 33.7 Å². The zero-order valence-electron chi connectivity index (χ0n) is 16.7. The molecule has 0 radical (unpaired) electrons. The zero-order chi connectivity index (χ0) is 22.1. The molecule has 2 heterocycles. The Balaban J connectivity index is 1.33. The Morgan fingerprint density at radius 1 is 0.969 bits per heavy atom. The van der Waals surface area contributed by atoms with Gasteiger partial charge in [0.25, 0.3) is 0 Å². The van der Waals surface area contributed by atoms with Crippen LogP contribution in [0.15, 0.2) is 72.9 Å². The minimum Gasteiger partial charge on any atom is -0.476 e. The van der Waals surface area contributed by atoms with E-state index in [1.165, 1.54) is 0 Å². The number of ether oxygens (including phenoxy) is 1. The largest absolute Gasteiger partial charge is 0.476 e. The van der Waals surface area contributed by atoms with E-state index in [9.17, 15) is 14.7 Å². The van der Waals surface area contributed by atoms with E-state index in [1.54, 1.807) is 24.4 Å². The van der Waals surface area contributed by atoms with E-state index in [1.807, 2.05) is 36.4 Å². The molecular weight excluding hydrogens is 426 g/mol. The van der Waals surface area contributed by atoms with Gasteiger partial charge in [0.1, 0.15) is 6.61 Å². The van der Waals surface area contributed by atoms with Crippen LogP contribution >= 0.6 is 11.3 Å². The topological polar surface area (TPSA) is 101 Å². The normalized spacial score (nSPS) is 12.1. The lowest BCUT2D eigenvalue weighted by Gasteiger charge is -2.14. The van der Waals surface area contributed by atoms with Crippen LogP contribution in [0.5, 0.6) is 0 Å². The van der Waals surface area contributed by atoms with Crippen LogP contribution in [0.2, 0.25) is 0 Å². The number of carbonyl (C=O) groups is 2. The van der Waals surface area contributed by atoms with Gasteiger partial charge in [-0.25, -0.2) is 14.6 Å². The average molecular weight is 443 g/mol. The Morgan fingerprint density at radius 3 is 2.25 bits per heavy atom. The monoisotopic (exact) mass is 443 g/mol. The van der Waals surface area contributed by atoms with Crippen molar-refractivity contribution >= 4 is 28.5 Å². The van der Waals surface area contributed by atoms with Crippen molar-refractivity contribution in [2.75, 3.05) is 11.9 Å². The fourth-order valence-electron chi connectivity index (χ4n) is 3.91. The zero-order valence-corrected chi connectivity index (χ0v) is 17.5. The number of thiazole rings is 1. The number of aromatic carboxylic acids is 1. The maximum atomic E-state index is 12.5. The molecule has 0 saturated heterocycles. The van der Waals surface area contributed by atoms with Gasteiger partial charge >= 0.3 is 12.1 Å². The Hall–Kier alpha value is -4.04. The fraction of sp³-hybridized carbons (Fsp3) is 0.0833. The quantitative estimate of drug-likeness (QED) is 0.436. The predicted molar refractivity (Wildman–Crippen MR) is 121 cm³/mol.